The second-order valence-electron chi connectivity index (χ2n) is 7.48. The zero-order valence-electron chi connectivity index (χ0n) is 18.2. The molecule has 0 aliphatic carbocycles. The number of halogens is 1. The van der Waals surface area contributed by atoms with Gasteiger partial charge >= 0.3 is 0 Å². The average molecular weight is 493 g/mol. The number of benzene rings is 2. The summed E-state index contributed by atoms with van der Waals surface area (Å²) in [6.07, 6.45) is 3.13. The minimum atomic E-state index is -0.863. The first-order chi connectivity index (χ1) is 16.5. The summed E-state index contributed by atoms with van der Waals surface area (Å²) in [4.78, 5) is 31.3. The normalized spacial score (nSPS) is 15.7. The van der Waals surface area contributed by atoms with E-state index in [0.29, 0.717) is 16.5 Å². The maximum atomic E-state index is 13.3. The van der Waals surface area contributed by atoms with Gasteiger partial charge in [-0.1, -0.05) is 54.1 Å². The molecule has 2 heterocycles. The first-order valence-electron chi connectivity index (χ1n) is 10.4. The Labute approximate surface area is 207 Å². The number of thiocarbonyl (C=S) groups is 1. The number of carbonyl (C=O) groups excluding carboxylic acids is 2. The first-order valence-corrected chi connectivity index (χ1v) is 11.2. The standard InChI is InChI=1S/C25H21ClN4O3S/c1-27-15-28-23(31)21(12-16-6-3-2-4-7-16)30-24(32)20(29-25(30)34)14-19-10-11-22(33-19)17-8-5-9-18(26)13-17/h2-11,13-15,21H,12H2,1H3,(H,29,34)(H,27,28,31). The third-order valence-corrected chi connectivity index (χ3v) is 5.69. The molecule has 0 radical (unpaired) electrons. The van der Waals surface area contributed by atoms with E-state index in [1.54, 1.807) is 37.4 Å². The first kappa shape index (κ1) is 23.4. The molecular formula is C25H21ClN4O3S. The number of hydrogen-bond donors (Lipinski definition) is 2. The summed E-state index contributed by atoms with van der Waals surface area (Å²) in [6, 6.07) is 19.4. The molecular weight excluding hydrogens is 472 g/mol. The number of rotatable bonds is 7. The molecule has 2 aromatic carbocycles. The number of aliphatic imine (C=N–C) groups is 1. The summed E-state index contributed by atoms with van der Waals surface area (Å²) in [6.45, 7) is 0. The summed E-state index contributed by atoms with van der Waals surface area (Å²) >= 11 is 11.5. The third kappa shape index (κ3) is 5.24. The fourth-order valence-corrected chi connectivity index (χ4v) is 4.07. The van der Waals surface area contributed by atoms with Crippen molar-refractivity contribution >= 4 is 53.2 Å². The van der Waals surface area contributed by atoms with Crippen molar-refractivity contribution in [2.45, 2.75) is 12.5 Å². The van der Waals surface area contributed by atoms with Gasteiger partial charge in [0.25, 0.3) is 5.91 Å². The number of furan rings is 1. The van der Waals surface area contributed by atoms with Crippen molar-refractivity contribution in [1.82, 2.24) is 15.5 Å². The van der Waals surface area contributed by atoms with E-state index in [-0.39, 0.29) is 17.2 Å². The van der Waals surface area contributed by atoms with Crippen molar-refractivity contribution in [1.29, 1.82) is 0 Å². The van der Waals surface area contributed by atoms with Crippen LogP contribution >= 0.6 is 23.8 Å². The van der Waals surface area contributed by atoms with Gasteiger partial charge < -0.3 is 15.1 Å². The Kier molecular flexibility index (Phi) is 7.20. The van der Waals surface area contributed by atoms with Crippen LogP contribution in [0.5, 0.6) is 0 Å². The number of nitrogens with zero attached hydrogens (tertiary/aromatic N) is 2. The minimum Gasteiger partial charge on any atom is -0.457 e. The highest BCUT2D eigenvalue weighted by molar-refractivity contribution is 7.80. The van der Waals surface area contributed by atoms with Gasteiger partial charge in [0.15, 0.2) is 5.11 Å². The summed E-state index contributed by atoms with van der Waals surface area (Å²) in [5, 5.41) is 6.25. The molecule has 9 heteroatoms. The van der Waals surface area contributed by atoms with Gasteiger partial charge in [-0.05, 0) is 42.0 Å². The summed E-state index contributed by atoms with van der Waals surface area (Å²) in [5.74, 6) is 0.252. The van der Waals surface area contributed by atoms with Crippen LogP contribution in [-0.2, 0) is 16.0 Å². The Balaban J connectivity index is 1.59. The van der Waals surface area contributed by atoms with Crippen LogP contribution in [0.3, 0.4) is 0 Å². The zero-order chi connectivity index (χ0) is 24.1. The van der Waals surface area contributed by atoms with Crippen LogP contribution < -0.4 is 10.6 Å². The van der Waals surface area contributed by atoms with E-state index in [2.05, 4.69) is 15.6 Å². The van der Waals surface area contributed by atoms with Crippen LogP contribution in [0.1, 0.15) is 11.3 Å². The van der Waals surface area contributed by atoms with Gasteiger partial charge in [-0.3, -0.25) is 19.5 Å². The fraction of sp³-hybridized carbons (Fsp3) is 0.120. The quantitative estimate of drug-likeness (QED) is 0.225. The van der Waals surface area contributed by atoms with Crippen molar-refractivity contribution in [2.75, 3.05) is 7.05 Å². The molecule has 1 aliphatic heterocycles. The lowest BCUT2D eigenvalue weighted by Gasteiger charge is -2.25. The number of nitrogens with one attached hydrogen (secondary N) is 2. The average Bonchev–Trinajstić information content (AvgIpc) is 3.41. The summed E-state index contributed by atoms with van der Waals surface area (Å²) < 4.78 is 5.88. The SMILES string of the molecule is CN=CNC(=O)C(Cc1ccccc1)N1C(=O)C(=Cc2ccc(-c3cccc(Cl)c3)o2)NC1=S. The van der Waals surface area contributed by atoms with E-state index in [4.69, 9.17) is 28.2 Å². The smallest absolute Gasteiger partial charge is 0.277 e. The molecule has 4 rings (SSSR count). The van der Waals surface area contributed by atoms with E-state index in [1.165, 1.54) is 11.2 Å². The van der Waals surface area contributed by atoms with Crippen LogP contribution in [0.4, 0.5) is 0 Å². The molecule has 1 aliphatic rings. The predicted molar refractivity (Wildman–Crippen MR) is 136 cm³/mol. The van der Waals surface area contributed by atoms with Crippen molar-refractivity contribution < 1.29 is 14.0 Å². The predicted octanol–water partition coefficient (Wildman–Crippen LogP) is 4.04. The van der Waals surface area contributed by atoms with Gasteiger partial charge in [-0.15, -0.1) is 0 Å². The van der Waals surface area contributed by atoms with Gasteiger partial charge in [0.2, 0.25) is 5.91 Å². The Hall–Kier alpha value is -3.75. The highest BCUT2D eigenvalue weighted by Gasteiger charge is 2.39. The van der Waals surface area contributed by atoms with Crippen LogP contribution in [-0.4, -0.2) is 41.3 Å². The molecule has 1 unspecified atom stereocenters. The maximum Gasteiger partial charge on any atom is 0.277 e. The Morgan fingerprint density at radius 3 is 2.74 bits per heavy atom. The molecule has 1 saturated heterocycles. The maximum absolute atomic E-state index is 13.3. The largest absolute Gasteiger partial charge is 0.457 e. The molecule has 1 fully saturated rings. The zero-order valence-corrected chi connectivity index (χ0v) is 19.8. The highest BCUT2D eigenvalue weighted by Crippen LogP contribution is 2.27. The summed E-state index contributed by atoms with van der Waals surface area (Å²) in [7, 11) is 1.54. The van der Waals surface area contributed by atoms with Gasteiger partial charge in [-0.2, -0.15) is 0 Å². The Bertz CT molecular complexity index is 1290. The molecule has 2 N–H and O–H groups in total. The molecule has 0 saturated carbocycles. The monoisotopic (exact) mass is 492 g/mol. The lowest BCUT2D eigenvalue weighted by atomic mass is 10.0. The van der Waals surface area contributed by atoms with Crippen molar-refractivity contribution in [3.05, 3.63) is 88.8 Å². The molecule has 34 heavy (non-hydrogen) atoms. The minimum absolute atomic E-state index is 0.141. The van der Waals surface area contributed by atoms with Gasteiger partial charge in [-0.25, -0.2) is 0 Å². The van der Waals surface area contributed by atoms with E-state index < -0.39 is 17.9 Å². The van der Waals surface area contributed by atoms with Crippen LogP contribution in [0.25, 0.3) is 17.4 Å². The Morgan fingerprint density at radius 1 is 1.21 bits per heavy atom. The Morgan fingerprint density at radius 2 is 2.00 bits per heavy atom. The molecule has 0 spiro atoms. The molecule has 3 aromatic rings. The van der Waals surface area contributed by atoms with Gasteiger partial charge in [0.1, 0.15) is 23.3 Å². The van der Waals surface area contributed by atoms with Crippen molar-refractivity contribution in [3.8, 4) is 11.3 Å². The van der Waals surface area contributed by atoms with Gasteiger partial charge in [0, 0.05) is 30.1 Å². The lowest BCUT2D eigenvalue weighted by molar-refractivity contribution is -0.131. The van der Waals surface area contributed by atoms with E-state index in [0.717, 1.165) is 11.1 Å². The van der Waals surface area contributed by atoms with E-state index in [9.17, 15) is 9.59 Å². The number of amides is 2. The van der Waals surface area contributed by atoms with Crippen LogP contribution in [0, 0.1) is 0 Å². The second-order valence-corrected chi connectivity index (χ2v) is 8.30. The topological polar surface area (TPSA) is 86.9 Å². The third-order valence-electron chi connectivity index (χ3n) is 5.15. The second kappa shape index (κ2) is 10.5. The fourth-order valence-electron chi connectivity index (χ4n) is 3.56. The van der Waals surface area contributed by atoms with Crippen molar-refractivity contribution in [3.63, 3.8) is 0 Å². The summed E-state index contributed by atoms with van der Waals surface area (Å²) in [5.41, 5.74) is 1.92. The number of hydrogen-bond acceptors (Lipinski definition) is 5. The lowest BCUT2D eigenvalue weighted by Crippen LogP contribution is -2.50. The van der Waals surface area contributed by atoms with E-state index in [1.807, 2.05) is 42.5 Å². The van der Waals surface area contributed by atoms with Crippen LogP contribution in [0.2, 0.25) is 5.02 Å². The molecule has 7 nitrogen and oxygen atoms in total. The van der Waals surface area contributed by atoms with Gasteiger partial charge in [0.05, 0.1) is 6.34 Å². The number of carbonyl (C=O) groups is 2. The highest BCUT2D eigenvalue weighted by atomic mass is 35.5. The molecule has 2 amide bonds. The molecule has 1 aromatic heterocycles. The molecule has 1 atom stereocenters. The van der Waals surface area contributed by atoms with Crippen LogP contribution in [0.15, 0.2) is 81.8 Å². The molecule has 172 valence electrons. The molecule has 0 bridgehead atoms. The van der Waals surface area contributed by atoms with Crippen molar-refractivity contribution in [2.24, 2.45) is 4.99 Å². The van der Waals surface area contributed by atoms with E-state index >= 15 is 0 Å².